The number of nitrogens with zero attached hydrogens (tertiary/aromatic N) is 1. The van der Waals surface area contributed by atoms with Crippen LogP contribution < -0.4 is 38.9 Å². The van der Waals surface area contributed by atoms with Crippen LogP contribution in [0.1, 0.15) is 52.9 Å². The molecular formula is C21H40N8O7. The molecule has 0 bridgehead atoms. The Hall–Kier alpha value is -3.46. The third-order valence-corrected chi connectivity index (χ3v) is 5.46. The van der Waals surface area contributed by atoms with Crippen LogP contribution in [-0.2, 0) is 24.0 Å². The van der Waals surface area contributed by atoms with Crippen LogP contribution in [0, 0.1) is 5.92 Å². The van der Waals surface area contributed by atoms with Gasteiger partial charge in [0.05, 0.1) is 12.1 Å². The van der Waals surface area contributed by atoms with Gasteiger partial charge in [0.1, 0.15) is 18.1 Å². The summed E-state index contributed by atoms with van der Waals surface area (Å²) in [6, 6.07) is -5.08. The summed E-state index contributed by atoms with van der Waals surface area (Å²) in [5.41, 5.74) is 21.3. The lowest BCUT2D eigenvalue weighted by atomic mass is 9.98. The summed E-state index contributed by atoms with van der Waals surface area (Å²) < 4.78 is 0. The highest BCUT2D eigenvalue weighted by Crippen LogP contribution is 2.10. The molecule has 206 valence electrons. The van der Waals surface area contributed by atoms with Crippen LogP contribution in [0.15, 0.2) is 4.99 Å². The number of nitrogens with two attached hydrogens (primary N) is 4. The number of primary amides is 1. The predicted molar refractivity (Wildman–Crippen MR) is 131 cm³/mol. The minimum absolute atomic E-state index is 0.0276. The van der Waals surface area contributed by atoms with Crippen LogP contribution in [0.25, 0.3) is 0 Å². The summed E-state index contributed by atoms with van der Waals surface area (Å²) in [6.45, 7) is 4.81. The van der Waals surface area contributed by atoms with E-state index in [1.165, 1.54) is 6.92 Å². The van der Waals surface area contributed by atoms with Crippen molar-refractivity contribution in [2.75, 3.05) is 6.54 Å². The number of aliphatic carboxylic acids is 1. The molecular weight excluding hydrogens is 476 g/mol. The predicted octanol–water partition coefficient (Wildman–Crippen LogP) is -3.40. The molecule has 6 atom stereocenters. The molecule has 0 aromatic heterocycles. The third-order valence-electron chi connectivity index (χ3n) is 5.46. The van der Waals surface area contributed by atoms with E-state index >= 15 is 0 Å². The molecule has 0 aliphatic carbocycles. The van der Waals surface area contributed by atoms with Gasteiger partial charge in [0.15, 0.2) is 5.96 Å². The molecule has 0 saturated heterocycles. The Balaban J connectivity index is 5.59. The zero-order valence-corrected chi connectivity index (χ0v) is 20.9. The standard InChI is InChI=1S/C21H40N8O7/c1-4-10(2)15(20(35)36)28-18(33)13(6-5-9-26-21(24)25)27-19(34)16(11(3)30)29-17(32)12(22)7-8-14(23)31/h10-13,15-16,30H,4-9,22H2,1-3H3,(H2,23,31)(H,27,34)(H,28,33)(H,29,32)(H,35,36)(H4,24,25,26). The van der Waals surface area contributed by atoms with Crippen molar-refractivity contribution in [2.24, 2.45) is 33.8 Å². The van der Waals surface area contributed by atoms with Gasteiger partial charge in [-0.3, -0.25) is 24.2 Å². The first-order valence-corrected chi connectivity index (χ1v) is 11.6. The number of guanidine groups is 1. The van der Waals surface area contributed by atoms with Crippen molar-refractivity contribution in [2.45, 2.75) is 83.1 Å². The van der Waals surface area contributed by atoms with Crippen molar-refractivity contribution in [3.63, 3.8) is 0 Å². The smallest absolute Gasteiger partial charge is 0.326 e. The van der Waals surface area contributed by atoms with Crippen molar-refractivity contribution in [1.82, 2.24) is 16.0 Å². The first-order chi connectivity index (χ1) is 16.7. The minimum Gasteiger partial charge on any atom is -0.480 e. The number of hydrogen-bond acceptors (Lipinski definition) is 8. The molecule has 13 N–H and O–H groups in total. The molecule has 0 saturated carbocycles. The first kappa shape index (κ1) is 32.5. The van der Waals surface area contributed by atoms with Gasteiger partial charge in [0.2, 0.25) is 23.6 Å². The lowest BCUT2D eigenvalue weighted by Crippen LogP contribution is -2.60. The van der Waals surface area contributed by atoms with Crippen molar-refractivity contribution >= 4 is 35.6 Å². The number of amides is 4. The monoisotopic (exact) mass is 516 g/mol. The molecule has 0 fully saturated rings. The highest BCUT2D eigenvalue weighted by molar-refractivity contribution is 5.94. The van der Waals surface area contributed by atoms with Crippen molar-refractivity contribution in [1.29, 1.82) is 0 Å². The summed E-state index contributed by atoms with van der Waals surface area (Å²) in [4.78, 5) is 64.5. The minimum atomic E-state index is -1.49. The number of hydrogen-bond donors (Lipinski definition) is 9. The fourth-order valence-electron chi connectivity index (χ4n) is 3.07. The van der Waals surface area contributed by atoms with Crippen LogP contribution >= 0.6 is 0 Å². The van der Waals surface area contributed by atoms with Crippen molar-refractivity contribution in [3.8, 4) is 0 Å². The molecule has 0 rings (SSSR count). The topological polar surface area (TPSA) is 278 Å². The SMILES string of the molecule is CCC(C)C(NC(=O)C(CCCN=C(N)N)NC(=O)C(NC(=O)C(N)CCC(N)=O)C(C)O)C(=O)O. The second-order valence-electron chi connectivity index (χ2n) is 8.56. The first-order valence-electron chi connectivity index (χ1n) is 11.6. The molecule has 0 aliphatic heterocycles. The van der Waals surface area contributed by atoms with E-state index in [1.54, 1.807) is 13.8 Å². The van der Waals surface area contributed by atoms with E-state index in [4.69, 9.17) is 22.9 Å². The Kier molecular flexibility index (Phi) is 14.7. The molecule has 0 radical (unpaired) electrons. The van der Waals surface area contributed by atoms with Gasteiger partial charge in [-0.05, 0) is 32.1 Å². The van der Waals surface area contributed by atoms with Gasteiger partial charge in [-0.15, -0.1) is 0 Å². The fraction of sp³-hybridized carbons (Fsp3) is 0.714. The molecule has 0 aromatic rings. The van der Waals surface area contributed by atoms with Crippen molar-refractivity contribution in [3.05, 3.63) is 0 Å². The van der Waals surface area contributed by atoms with Gasteiger partial charge >= 0.3 is 5.97 Å². The number of carbonyl (C=O) groups is 5. The zero-order valence-electron chi connectivity index (χ0n) is 20.9. The summed E-state index contributed by atoms with van der Waals surface area (Å²) in [5.74, 6) is -4.93. The maximum atomic E-state index is 12.9. The summed E-state index contributed by atoms with van der Waals surface area (Å²) in [5, 5.41) is 26.7. The van der Waals surface area contributed by atoms with Crippen molar-refractivity contribution < 1.29 is 34.2 Å². The maximum absolute atomic E-state index is 12.9. The van der Waals surface area contributed by atoms with E-state index in [9.17, 15) is 34.2 Å². The molecule has 36 heavy (non-hydrogen) atoms. The molecule has 0 aromatic carbocycles. The normalized spacial score (nSPS) is 15.8. The fourth-order valence-corrected chi connectivity index (χ4v) is 3.07. The molecule has 4 amide bonds. The third kappa shape index (κ3) is 12.3. The van der Waals surface area contributed by atoms with E-state index in [0.717, 1.165) is 0 Å². The van der Waals surface area contributed by atoms with Gasteiger partial charge in [-0.1, -0.05) is 20.3 Å². The van der Waals surface area contributed by atoms with Gasteiger partial charge in [-0.2, -0.15) is 0 Å². The van der Waals surface area contributed by atoms with E-state index in [0.29, 0.717) is 6.42 Å². The number of carboxylic acid groups (broad SMARTS) is 1. The number of aliphatic imine (C=N–C) groups is 1. The Morgan fingerprint density at radius 1 is 0.889 bits per heavy atom. The maximum Gasteiger partial charge on any atom is 0.326 e. The number of nitrogens with one attached hydrogen (secondary N) is 3. The average Bonchev–Trinajstić information content (AvgIpc) is 2.79. The van der Waals surface area contributed by atoms with Crippen LogP contribution in [0.5, 0.6) is 0 Å². The number of carbonyl (C=O) groups excluding carboxylic acids is 4. The van der Waals surface area contributed by atoms with Gasteiger partial charge in [0.25, 0.3) is 0 Å². The number of aliphatic hydroxyl groups is 1. The Bertz CT molecular complexity index is 801. The largest absolute Gasteiger partial charge is 0.480 e. The lowest BCUT2D eigenvalue weighted by molar-refractivity contribution is -0.144. The van der Waals surface area contributed by atoms with Crippen LogP contribution in [-0.4, -0.2) is 82.6 Å². The zero-order chi connectivity index (χ0) is 28.0. The molecule has 15 heteroatoms. The van der Waals surface area contributed by atoms with E-state index in [-0.39, 0.29) is 38.2 Å². The number of aliphatic hydroxyl groups excluding tert-OH is 1. The second kappa shape index (κ2) is 16.3. The average molecular weight is 517 g/mol. The highest BCUT2D eigenvalue weighted by atomic mass is 16.4. The quantitative estimate of drug-likeness (QED) is 0.0524. The van der Waals surface area contributed by atoms with Crippen LogP contribution in [0.4, 0.5) is 0 Å². The highest BCUT2D eigenvalue weighted by Gasteiger charge is 2.33. The van der Waals surface area contributed by atoms with E-state index < -0.39 is 65.8 Å². The summed E-state index contributed by atoms with van der Waals surface area (Å²) >= 11 is 0. The van der Waals surface area contributed by atoms with Gasteiger partial charge in [0, 0.05) is 13.0 Å². The Morgan fingerprint density at radius 2 is 1.47 bits per heavy atom. The Morgan fingerprint density at radius 3 is 1.94 bits per heavy atom. The van der Waals surface area contributed by atoms with E-state index in [2.05, 4.69) is 20.9 Å². The van der Waals surface area contributed by atoms with Crippen LogP contribution in [0.3, 0.4) is 0 Å². The molecule has 0 spiro atoms. The molecule has 6 unspecified atom stereocenters. The van der Waals surface area contributed by atoms with Crippen LogP contribution in [0.2, 0.25) is 0 Å². The molecule has 0 aliphatic rings. The lowest BCUT2D eigenvalue weighted by Gasteiger charge is -2.27. The van der Waals surface area contributed by atoms with E-state index in [1.807, 2.05) is 0 Å². The molecule has 15 nitrogen and oxygen atoms in total. The summed E-state index contributed by atoms with van der Waals surface area (Å²) in [6.07, 6.45) is -0.850. The summed E-state index contributed by atoms with van der Waals surface area (Å²) in [7, 11) is 0. The Labute approximate surface area is 209 Å². The number of carboxylic acids is 1. The molecule has 0 heterocycles. The van der Waals surface area contributed by atoms with Gasteiger partial charge in [-0.25, -0.2) is 4.79 Å². The van der Waals surface area contributed by atoms with Gasteiger partial charge < -0.3 is 49.1 Å². The number of rotatable bonds is 17. The second-order valence-corrected chi connectivity index (χ2v) is 8.56.